The average Bonchev–Trinajstić information content (AvgIpc) is 3.40. The van der Waals surface area contributed by atoms with Crippen molar-refractivity contribution in [3.8, 4) is 0 Å². The zero-order valence-electron chi connectivity index (χ0n) is 15.2. The highest BCUT2D eigenvalue weighted by atomic mass is 32.1. The number of nitrogens with zero attached hydrogens (tertiary/aromatic N) is 3. The summed E-state index contributed by atoms with van der Waals surface area (Å²) in [5.74, 6) is 0.145. The molecule has 0 saturated carbocycles. The highest BCUT2D eigenvalue weighted by Gasteiger charge is 2.24. The molecule has 5 nitrogen and oxygen atoms in total. The molecule has 0 radical (unpaired) electrons. The Hall–Kier alpha value is -1.63. The topological polar surface area (TPSA) is 37.7 Å². The standard InChI is InChI=1S/C20H27N3O2S/c24-20(22-8-1-2-9-22)16-25-11-7-18-14-21(15-19-6-4-12-26-19)13-17-5-3-10-23(17)18/h3-6,10,12,18H,1-2,7-9,11,13-16H2. The van der Waals surface area contributed by atoms with E-state index in [9.17, 15) is 4.79 Å². The van der Waals surface area contributed by atoms with E-state index >= 15 is 0 Å². The van der Waals surface area contributed by atoms with Gasteiger partial charge in [-0.3, -0.25) is 9.69 Å². The van der Waals surface area contributed by atoms with E-state index in [1.807, 2.05) is 16.2 Å². The summed E-state index contributed by atoms with van der Waals surface area (Å²) in [4.78, 5) is 17.9. The van der Waals surface area contributed by atoms with Crippen LogP contribution >= 0.6 is 11.3 Å². The van der Waals surface area contributed by atoms with E-state index < -0.39 is 0 Å². The molecule has 1 amide bonds. The molecule has 2 aliphatic rings. The quantitative estimate of drug-likeness (QED) is 0.700. The number of fused-ring (bicyclic) bond motifs is 1. The fraction of sp³-hybridized carbons (Fsp3) is 0.550. The van der Waals surface area contributed by atoms with Gasteiger partial charge in [-0.25, -0.2) is 0 Å². The monoisotopic (exact) mass is 373 g/mol. The molecule has 0 aliphatic carbocycles. The number of carbonyl (C=O) groups excluding carboxylic acids is 1. The lowest BCUT2D eigenvalue weighted by Gasteiger charge is -2.35. The maximum Gasteiger partial charge on any atom is 0.248 e. The summed E-state index contributed by atoms with van der Waals surface area (Å²) in [5.41, 5.74) is 1.37. The maximum atomic E-state index is 12.1. The van der Waals surface area contributed by atoms with Crippen LogP contribution in [0.25, 0.3) is 0 Å². The first kappa shape index (κ1) is 17.8. The largest absolute Gasteiger partial charge is 0.372 e. The number of hydrogen-bond acceptors (Lipinski definition) is 4. The minimum Gasteiger partial charge on any atom is -0.372 e. The van der Waals surface area contributed by atoms with Gasteiger partial charge in [0, 0.05) is 62.1 Å². The molecule has 1 atom stereocenters. The Morgan fingerprint density at radius 2 is 2.12 bits per heavy atom. The summed E-state index contributed by atoms with van der Waals surface area (Å²) < 4.78 is 8.11. The van der Waals surface area contributed by atoms with Crippen LogP contribution in [0.1, 0.15) is 35.9 Å². The molecule has 1 unspecified atom stereocenters. The van der Waals surface area contributed by atoms with E-state index in [4.69, 9.17) is 4.74 Å². The summed E-state index contributed by atoms with van der Waals surface area (Å²) >= 11 is 1.82. The predicted molar refractivity (Wildman–Crippen MR) is 103 cm³/mol. The Bertz CT molecular complexity index is 706. The van der Waals surface area contributed by atoms with Crippen LogP contribution in [-0.4, -0.2) is 53.1 Å². The zero-order chi connectivity index (χ0) is 17.8. The SMILES string of the molecule is O=C(COCCC1CN(Cc2cccs2)Cc2cccn21)N1CCCC1. The lowest BCUT2D eigenvalue weighted by molar-refractivity contribution is -0.135. The molecule has 2 aromatic heterocycles. The number of rotatable bonds is 7. The van der Waals surface area contributed by atoms with Gasteiger partial charge in [0.25, 0.3) is 0 Å². The van der Waals surface area contributed by atoms with Gasteiger partial charge < -0.3 is 14.2 Å². The number of hydrogen-bond donors (Lipinski definition) is 0. The Morgan fingerprint density at radius 3 is 2.92 bits per heavy atom. The van der Waals surface area contributed by atoms with Gasteiger partial charge in [0.15, 0.2) is 0 Å². The van der Waals surface area contributed by atoms with Gasteiger partial charge in [-0.1, -0.05) is 6.07 Å². The summed E-state index contributed by atoms with van der Waals surface area (Å²) in [6.45, 7) is 5.69. The summed E-state index contributed by atoms with van der Waals surface area (Å²) in [7, 11) is 0. The third-order valence-corrected chi connectivity index (χ3v) is 6.22. The fourth-order valence-corrected chi connectivity index (χ4v) is 4.76. The van der Waals surface area contributed by atoms with E-state index in [1.165, 1.54) is 10.6 Å². The second-order valence-electron chi connectivity index (χ2n) is 7.24. The van der Waals surface area contributed by atoms with Crippen molar-refractivity contribution in [1.29, 1.82) is 0 Å². The molecule has 0 N–H and O–H groups in total. The van der Waals surface area contributed by atoms with Crippen molar-refractivity contribution >= 4 is 17.2 Å². The van der Waals surface area contributed by atoms with Crippen LogP contribution in [0.2, 0.25) is 0 Å². The predicted octanol–water partition coefficient (Wildman–Crippen LogP) is 3.14. The van der Waals surface area contributed by atoms with Crippen molar-refractivity contribution in [3.63, 3.8) is 0 Å². The Kier molecular flexibility index (Phi) is 5.72. The van der Waals surface area contributed by atoms with Crippen molar-refractivity contribution in [2.24, 2.45) is 0 Å². The fourth-order valence-electron chi connectivity index (χ4n) is 4.01. The molecule has 2 aromatic rings. The van der Waals surface area contributed by atoms with E-state index in [2.05, 4.69) is 45.3 Å². The van der Waals surface area contributed by atoms with Gasteiger partial charge >= 0.3 is 0 Å². The maximum absolute atomic E-state index is 12.1. The molecule has 2 aliphatic heterocycles. The third kappa shape index (κ3) is 4.19. The zero-order valence-corrected chi connectivity index (χ0v) is 16.0. The van der Waals surface area contributed by atoms with Gasteiger partial charge in [-0.2, -0.15) is 0 Å². The van der Waals surface area contributed by atoms with Crippen LogP contribution in [-0.2, 0) is 22.6 Å². The Labute approximate surface area is 159 Å². The van der Waals surface area contributed by atoms with Crippen molar-refractivity contribution in [1.82, 2.24) is 14.4 Å². The lowest BCUT2D eigenvalue weighted by Crippen LogP contribution is -2.37. The number of carbonyl (C=O) groups is 1. The van der Waals surface area contributed by atoms with E-state index in [-0.39, 0.29) is 12.5 Å². The number of thiophene rings is 1. The van der Waals surface area contributed by atoms with Gasteiger partial charge in [-0.05, 0) is 42.8 Å². The van der Waals surface area contributed by atoms with Crippen molar-refractivity contribution in [2.45, 2.75) is 38.4 Å². The van der Waals surface area contributed by atoms with Crippen molar-refractivity contribution in [3.05, 3.63) is 46.4 Å². The van der Waals surface area contributed by atoms with E-state index in [0.717, 1.165) is 52.0 Å². The van der Waals surface area contributed by atoms with Crippen LogP contribution in [0.3, 0.4) is 0 Å². The second kappa shape index (κ2) is 8.37. The Balaban J connectivity index is 1.28. The summed E-state index contributed by atoms with van der Waals surface area (Å²) in [5, 5.41) is 2.14. The van der Waals surface area contributed by atoms with E-state index in [0.29, 0.717) is 12.6 Å². The molecule has 140 valence electrons. The van der Waals surface area contributed by atoms with Gasteiger partial charge in [0.1, 0.15) is 6.61 Å². The molecule has 0 bridgehead atoms. The molecular formula is C20H27N3O2S. The third-order valence-electron chi connectivity index (χ3n) is 5.35. The number of ether oxygens (including phenoxy) is 1. The molecule has 0 aromatic carbocycles. The Morgan fingerprint density at radius 1 is 1.23 bits per heavy atom. The summed E-state index contributed by atoms with van der Waals surface area (Å²) in [6, 6.07) is 9.09. The number of aromatic nitrogens is 1. The molecule has 0 spiro atoms. The van der Waals surface area contributed by atoms with Gasteiger partial charge in [-0.15, -0.1) is 11.3 Å². The second-order valence-corrected chi connectivity index (χ2v) is 8.27. The first-order chi connectivity index (χ1) is 12.8. The highest BCUT2D eigenvalue weighted by molar-refractivity contribution is 7.09. The van der Waals surface area contributed by atoms with Crippen LogP contribution < -0.4 is 0 Å². The average molecular weight is 374 g/mol. The summed E-state index contributed by atoms with van der Waals surface area (Å²) in [6.07, 6.45) is 5.38. The van der Waals surface area contributed by atoms with Crippen LogP contribution in [0.4, 0.5) is 0 Å². The molecule has 1 fully saturated rings. The van der Waals surface area contributed by atoms with Gasteiger partial charge in [0.2, 0.25) is 5.91 Å². The van der Waals surface area contributed by atoms with E-state index in [1.54, 1.807) is 0 Å². The highest BCUT2D eigenvalue weighted by Crippen LogP contribution is 2.26. The van der Waals surface area contributed by atoms with Crippen LogP contribution in [0.5, 0.6) is 0 Å². The van der Waals surface area contributed by atoms with Crippen LogP contribution in [0, 0.1) is 0 Å². The first-order valence-corrected chi connectivity index (χ1v) is 10.4. The molecule has 26 heavy (non-hydrogen) atoms. The molecule has 1 saturated heterocycles. The first-order valence-electron chi connectivity index (χ1n) is 9.55. The smallest absolute Gasteiger partial charge is 0.248 e. The normalized spacial score (nSPS) is 20.5. The van der Waals surface area contributed by atoms with Crippen LogP contribution in [0.15, 0.2) is 35.8 Å². The minimum atomic E-state index is 0.145. The molecular weight excluding hydrogens is 346 g/mol. The number of amides is 1. The molecule has 4 heterocycles. The minimum absolute atomic E-state index is 0.145. The van der Waals surface area contributed by atoms with Crippen molar-refractivity contribution in [2.75, 3.05) is 32.8 Å². The molecule has 6 heteroatoms. The number of likely N-dealkylation sites (tertiary alicyclic amines) is 1. The lowest BCUT2D eigenvalue weighted by atomic mass is 10.1. The van der Waals surface area contributed by atoms with Crippen molar-refractivity contribution < 1.29 is 9.53 Å². The van der Waals surface area contributed by atoms with Gasteiger partial charge in [0.05, 0.1) is 0 Å². The molecule has 4 rings (SSSR count).